The molecule has 8 nitrogen and oxygen atoms in total. The van der Waals surface area contributed by atoms with Crippen LogP contribution in [0.3, 0.4) is 0 Å². The summed E-state index contributed by atoms with van der Waals surface area (Å²) in [7, 11) is 0. The third-order valence-electron chi connectivity index (χ3n) is 2.49. The lowest BCUT2D eigenvalue weighted by atomic mass is 10.1. The van der Waals surface area contributed by atoms with E-state index in [0.717, 1.165) is 0 Å². The Morgan fingerprint density at radius 3 is 2.90 bits per heavy atom. The predicted octanol–water partition coefficient (Wildman–Crippen LogP) is 1.27. The Labute approximate surface area is 117 Å². The highest BCUT2D eigenvalue weighted by molar-refractivity contribution is 7.09. The molecule has 0 unspecified atom stereocenters. The largest absolute Gasteiger partial charge is 0.345 e. The Kier molecular flexibility index (Phi) is 4.23. The number of benzene rings is 1. The number of aromatic nitrogens is 1. The van der Waals surface area contributed by atoms with Crippen LogP contribution in [0.25, 0.3) is 0 Å². The molecule has 104 valence electrons. The Morgan fingerprint density at radius 1 is 1.50 bits per heavy atom. The maximum absolute atomic E-state index is 12.0. The number of nitro groups is 1. The summed E-state index contributed by atoms with van der Waals surface area (Å²) in [6, 6.07) is 3.98. The summed E-state index contributed by atoms with van der Waals surface area (Å²) in [5.74, 6) is 4.68. The van der Waals surface area contributed by atoms with Gasteiger partial charge in [0.1, 0.15) is 10.6 Å². The van der Waals surface area contributed by atoms with E-state index in [0.29, 0.717) is 10.7 Å². The summed E-state index contributed by atoms with van der Waals surface area (Å²) in [6.45, 7) is 0.216. The van der Waals surface area contributed by atoms with Crippen LogP contribution in [0.4, 0.5) is 11.4 Å². The Bertz CT molecular complexity index is 629. The van der Waals surface area contributed by atoms with Gasteiger partial charge in [0.25, 0.3) is 11.6 Å². The van der Waals surface area contributed by atoms with Crippen LogP contribution >= 0.6 is 11.3 Å². The maximum Gasteiger partial charge on any atom is 0.282 e. The van der Waals surface area contributed by atoms with Crippen LogP contribution in [0.1, 0.15) is 15.4 Å². The fraction of sp³-hybridized carbons (Fsp3) is 0.0909. The molecule has 0 saturated heterocycles. The van der Waals surface area contributed by atoms with Gasteiger partial charge in [-0.3, -0.25) is 20.8 Å². The molecule has 1 amide bonds. The number of rotatable bonds is 5. The van der Waals surface area contributed by atoms with Crippen LogP contribution < -0.4 is 16.6 Å². The van der Waals surface area contributed by atoms with Gasteiger partial charge < -0.3 is 10.7 Å². The van der Waals surface area contributed by atoms with Gasteiger partial charge in [-0.15, -0.1) is 11.3 Å². The molecule has 1 aromatic heterocycles. The van der Waals surface area contributed by atoms with Crippen LogP contribution in [-0.2, 0) is 6.54 Å². The molecule has 1 heterocycles. The van der Waals surface area contributed by atoms with Crippen molar-refractivity contribution in [2.45, 2.75) is 6.54 Å². The van der Waals surface area contributed by atoms with E-state index in [4.69, 9.17) is 5.84 Å². The van der Waals surface area contributed by atoms with Gasteiger partial charge in [0.05, 0.1) is 11.5 Å². The van der Waals surface area contributed by atoms with E-state index in [1.807, 2.05) is 0 Å². The van der Waals surface area contributed by atoms with Gasteiger partial charge >= 0.3 is 0 Å². The zero-order valence-electron chi connectivity index (χ0n) is 10.2. The van der Waals surface area contributed by atoms with Gasteiger partial charge in [0.2, 0.25) is 0 Å². The minimum absolute atomic E-state index is 0.0537. The van der Waals surface area contributed by atoms with Crippen molar-refractivity contribution in [2.75, 3.05) is 5.43 Å². The molecule has 0 aliphatic rings. The molecule has 0 fully saturated rings. The molecule has 4 N–H and O–H groups in total. The van der Waals surface area contributed by atoms with Crippen LogP contribution in [-0.4, -0.2) is 15.8 Å². The Hall–Kier alpha value is -2.52. The Balaban J connectivity index is 2.20. The number of hydrogen-bond donors (Lipinski definition) is 3. The number of carbonyl (C=O) groups is 1. The van der Waals surface area contributed by atoms with Crippen molar-refractivity contribution in [3.05, 3.63) is 50.5 Å². The molecular formula is C11H11N5O3S. The second-order valence-corrected chi connectivity index (χ2v) is 4.72. The lowest BCUT2D eigenvalue weighted by Gasteiger charge is -2.06. The van der Waals surface area contributed by atoms with Crippen molar-refractivity contribution in [3.8, 4) is 0 Å². The fourth-order valence-corrected chi connectivity index (χ4v) is 2.11. The van der Waals surface area contributed by atoms with Crippen molar-refractivity contribution in [3.63, 3.8) is 0 Å². The lowest BCUT2D eigenvalue weighted by Crippen LogP contribution is -2.24. The monoisotopic (exact) mass is 293 g/mol. The minimum atomic E-state index is -0.612. The van der Waals surface area contributed by atoms with Crippen molar-refractivity contribution in [2.24, 2.45) is 5.84 Å². The van der Waals surface area contributed by atoms with Gasteiger partial charge in [-0.2, -0.15) is 0 Å². The minimum Gasteiger partial charge on any atom is -0.345 e. The smallest absolute Gasteiger partial charge is 0.282 e. The molecule has 0 aliphatic heterocycles. The molecule has 0 bridgehead atoms. The van der Waals surface area contributed by atoms with E-state index in [9.17, 15) is 14.9 Å². The van der Waals surface area contributed by atoms with Crippen LogP contribution in [0.2, 0.25) is 0 Å². The fourth-order valence-electron chi connectivity index (χ4n) is 1.56. The number of carbonyl (C=O) groups excluding carboxylic acids is 1. The number of hydrogen-bond acceptors (Lipinski definition) is 7. The van der Waals surface area contributed by atoms with Gasteiger partial charge in [0.15, 0.2) is 0 Å². The second kappa shape index (κ2) is 6.08. The van der Waals surface area contributed by atoms with E-state index in [1.54, 1.807) is 11.6 Å². The highest BCUT2D eigenvalue weighted by atomic mass is 32.1. The number of nitrogens with two attached hydrogens (primary N) is 1. The molecule has 1 aromatic carbocycles. The molecular weight excluding hydrogens is 282 g/mol. The molecule has 0 radical (unpaired) electrons. The molecule has 0 atom stereocenters. The van der Waals surface area contributed by atoms with E-state index in [2.05, 4.69) is 15.7 Å². The molecule has 0 aliphatic carbocycles. The first-order chi connectivity index (χ1) is 9.61. The van der Waals surface area contributed by atoms with Crippen molar-refractivity contribution >= 4 is 28.6 Å². The number of nitrogens with zero attached hydrogens (tertiary/aromatic N) is 2. The van der Waals surface area contributed by atoms with Crippen molar-refractivity contribution in [1.29, 1.82) is 0 Å². The lowest BCUT2D eigenvalue weighted by molar-refractivity contribution is -0.385. The van der Waals surface area contributed by atoms with E-state index >= 15 is 0 Å². The van der Waals surface area contributed by atoms with Gasteiger partial charge in [0, 0.05) is 23.3 Å². The Morgan fingerprint density at radius 2 is 2.30 bits per heavy atom. The van der Waals surface area contributed by atoms with Crippen molar-refractivity contribution < 1.29 is 9.72 Å². The number of anilines is 1. The van der Waals surface area contributed by atoms with E-state index < -0.39 is 10.8 Å². The zero-order chi connectivity index (χ0) is 14.5. The third-order valence-corrected chi connectivity index (χ3v) is 3.27. The normalized spacial score (nSPS) is 10.1. The summed E-state index contributed by atoms with van der Waals surface area (Å²) in [5, 5.41) is 16.0. The second-order valence-electron chi connectivity index (χ2n) is 3.74. The third kappa shape index (κ3) is 3.08. The summed E-state index contributed by atoms with van der Waals surface area (Å²) in [4.78, 5) is 26.3. The summed E-state index contributed by atoms with van der Waals surface area (Å²) >= 11 is 1.39. The van der Waals surface area contributed by atoms with E-state index in [1.165, 1.54) is 29.5 Å². The first-order valence-corrected chi connectivity index (χ1v) is 6.41. The molecule has 9 heteroatoms. The predicted molar refractivity (Wildman–Crippen MR) is 74.2 cm³/mol. The van der Waals surface area contributed by atoms with E-state index in [-0.39, 0.29) is 17.8 Å². The molecule has 20 heavy (non-hydrogen) atoms. The van der Waals surface area contributed by atoms with Gasteiger partial charge in [-0.1, -0.05) is 0 Å². The number of nitrogens with one attached hydrogen (secondary N) is 2. The molecule has 0 spiro atoms. The first-order valence-electron chi connectivity index (χ1n) is 5.53. The van der Waals surface area contributed by atoms with Crippen LogP contribution in [0, 0.1) is 10.1 Å². The zero-order valence-corrected chi connectivity index (χ0v) is 11.0. The summed E-state index contributed by atoms with van der Waals surface area (Å²) < 4.78 is 0. The quantitative estimate of drug-likeness (QED) is 0.433. The number of amides is 1. The summed E-state index contributed by atoms with van der Waals surface area (Å²) in [5.41, 5.74) is 2.43. The van der Waals surface area contributed by atoms with Crippen molar-refractivity contribution in [1.82, 2.24) is 10.3 Å². The summed E-state index contributed by atoms with van der Waals surface area (Å²) in [6.07, 6.45) is 1.62. The van der Waals surface area contributed by atoms with Crippen LogP contribution in [0.5, 0.6) is 0 Å². The number of thiazole rings is 1. The molecule has 2 rings (SSSR count). The topological polar surface area (TPSA) is 123 Å². The number of nitro benzene ring substituents is 1. The average molecular weight is 293 g/mol. The number of nitrogen functional groups attached to an aromatic ring is 1. The standard InChI is InChI=1S/C11H11N5O3S/c12-15-7-1-2-9(16(18)19)8(5-7)11(17)14-6-10-13-3-4-20-10/h1-5,15H,6,12H2,(H,14,17). The van der Waals surface area contributed by atoms with Gasteiger partial charge in [-0.05, 0) is 12.1 Å². The van der Waals surface area contributed by atoms with Gasteiger partial charge in [-0.25, -0.2) is 4.98 Å². The number of hydrazine groups is 1. The maximum atomic E-state index is 12.0. The van der Waals surface area contributed by atoms with Crippen LogP contribution in [0.15, 0.2) is 29.8 Å². The highest BCUT2D eigenvalue weighted by Crippen LogP contribution is 2.22. The molecule has 2 aromatic rings. The SMILES string of the molecule is NNc1ccc([N+](=O)[O-])c(C(=O)NCc2nccs2)c1. The molecule has 0 saturated carbocycles. The average Bonchev–Trinajstić information content (AvgIpc) is 2.97. The first kappa shape index (κ1) is 13.9. The highest BCUT2D eigenvalue weighted by Gasteiger charge is 2.20.